The number of benzene rings is 3. The normalized spacial score (nSPS) is 26.7. The molecule has 42 heavy (non-hydrogen) atoms. The van der Waals surface area contributed by atoms with Crippen molar-refractivity contribution in [3.63, 3.8) is 0 Å². The summed E-state index contributed by atoms with van der Waals surface area (Å²) in [7, 11) is 2.00. The molecule has 10 heteroatoms. The second-order valence-corrected chi connectivity index (χ2v) is 11.3. The summed E-state index contributed by atoms with van der Waals surface area (Å²) in [6, 6.07) is 14.8. The van der Waals surface area contributed by atoms with E-state index in [-0.39, 0.29) is 24.8 Å². The number of aliphatic hydroxyl groups excluding tert-OH is 2. The molecule has 2 amide bonds. The van der Waals surface area contributed by atoms with Gasteiger partial charge in [-0.3, -0.25) is 0 Å². The zero-order valence-electron chi connectivity index (χ0n) is 23.3. The second kappa shape index (κ2) is 10.7. The Morgan fingerprint density at radius 2 is 1.83 bits per heavy atom. The summed E-state index contributed by atoms with van der Waals surface area (Å²) in [6.45, 7) is 9.15. The standard InChI is InChI=1S/C32H33FN4O5/c1-34-25-8-6-23(7-9-25)32-26(21-4-3-5-24(33)16-21)17-28(35-30(40)37-12-10-36(2)11-13-37)31(32,41)29-22(19-39)14-20(18-38)15-27(29)42-32/h3-9,14-16,26,28,38-39,41H,10-13,17-19H2,2H3,(H,35,40)/t26-,28-,31+,32-/m0/s1. The van der Waals surface area contributed by atoms with Gasteiger partial charge in [-0.1, -0.05) is 42.5 Å². The first-order valence-electron chi connectivity index (χ1n) is 14.0. The van der Waals surface area contributed by atoms with Crippen molar-refractivity contribution in [3.8, 4) is 5.75 Å². The van der Waals surface area contributed by atoms with E-state index < -0.39 is 35.6 Å². The lowest BCUT2D eigenvalue weighted by atomic mass is 9.70. The molecule has 0 bridgehead atoms. The van der Waals surface area contributed by atoms with E-state index >= 15 is 0 Å². The summed E-state index contributed by atoms with van der Waals surface area (Å²) in [5.41, 5.74) is -0.812. The van der Waals surface area contributed by atoms with Crippen LogP contribution < -0.4 is 10.1 Å². The first-order valence-corrected chi connectivity index (χ1v) is 14.0. The number of ether oxygens (including phenoxy) is 1. The number of carbonyl (C=O) groups excluding carboxylic acids is 1. The van der Waals surface area contributed by atoms with Crippen LogP contribution in [0.1, 0.15) is 40.2 Å². The molecule has 4 atom stereocenters. The lowest BCUT2D eigenvalue weighted by Gasteiger charge is -2.42. The third-order valence-electron chi connectivity index (χ3n) is 9.05. The van der Waals surface area contributed by atoms with Crippen LogP contribution >= 0.6 is 0 Å². The first kappa shape index (κ1) is 28.1. The van der Waals surface area contributed by atoms with Gasteiger partial charge >= 0.3 is 6.03 Å². The largest absolute Gasteiger partial charge is 0.478 e. The predicted molar refractivity (Wildman–Crippen MR) is 152 cm³/mol. The van der Waals surface area contributed by atoms with Crippen LogP contribution in [-0.4, -0.2) is 70.4 Å². The molecule has 3 aromatic rings. The van der Waals surface area contributed by atoms with Gasteiger partial charge in [0.1, 0.15) is 11.6 Å². The fourth-order valence-electron chi connectivity index (χ4n) is 7.02. The van der Waals surface area contributed by atoms with Gasteiger partial charge in [0.15, 0.2) is 16.9 Å². The van der Waals surface area contributed by atoms with Crippen LogP contribution in [0.4, 0.5) is 14.9 Å². The van der Waals surface area contributed by atoms with E-state index in [2.05, 4.69) is 15.1 Å². The fraction of sp³-hybridized carbons (Fsp3) is 0.375. The van der Waals surface area contributed by atoms with Crippen molar-refractivity contribution in [1.29, 1.82) is 0 Å². The minimum atomic E-state index is -1.91. The van der Waals surface area contributed by atoms with Crippen molar-refractivity contribution in [2.45, 2.75) is 42.8 Å². The number of carbonyl (C=O) groups is 1. The van der Waals surface area contributed by atoms with Crippen molar-refractivity contribution in [1.82, 2.24) is 15.1 Å². The lowest BCUT2D eigenvalue weighted by molar-refractivity contribution is -0.116. The number of nitrogens with one attached hydrogen (secondary N) is 1. The Labute approximate surface area is 243 Å². The molecule has 0 aromatic heterocycles. The fourth-order valence-corrected chi connectivity index (χ4v) is 7.02. The zero-order chi connectivity index (χ0) is 29.6. The maximum absolute atomic E-state index is 14.7. The summed E-state index contributed by atoms with van der Waals surface area (Å²) in [6.07, 6.45) is 0.204. The van der Waals surface area contributed by atoms with Crippen molar-refractivity contribution < 1.29 is 29.2 Å². The average molecular weight is 573 g/mol. The number of rotatable bonds is 5. The highest BCUT2D eigenvalue weighted by Crippen LogP contribution is 2.67. The monoisotopic (exact) mass is 572 g/mol. The Hall–Kier alpha value is -4.01. The first-order chi connectivity index (χ1) is 20.2. The molecule has 2 heterocycles. The number of nitrogens with zero attached hydrogens (tertiary/aromatic N) is 3. The summed E-state index contributed by atoms with van der Waals surface area (Å²) < 4.78 is 21.5. The molecule has 2 fully saturated rings. The number of aliphatic hydroxyl groups is 3. The van der Waals surface area contributed by atoms with E-state index in [1.54, 1.807) is 53.4 Å². The van der Waals surface area contributed by atoms with Crippen molar-refractivity contribution >= 4 is 11.7 Å². The third kappa shape index (κ3) is 4.24. The molecule has 4 N–H and O–H groups in total. The minimum absolute atomic E-state index is 0.204. The maximum atomic E-state index is 14.7. The highest BCUT2D eigenvalue weighted by atomic mass is 19.1. The van der Waals surface area contributed by atoms with Gasteiger partial charge in [0.25, 0.3) is 0 Å². The topological polar surface area (TPSA) is 110 Å². The number of halogens is 1. The van der Waals surface area contributed by atoms with Gasteiger partial charge in [-0.05, 0) is 53.9 Å². The number of hydrogen-bond acceptors (Lipinski definition) is 6. The van der Waals surface area contributed by atoms with Gasteiger partial charge in [0, 0.05) is 37.7 Å². The number of urea groups is 1. The molecule has 1 aliphatic carbocycles. The Balaban J connectivity index is 1.57. The molecule has 2 aliphatic heterocycles. The van der Waals surface area contributed by atoms with E-state index in [4.69, 9.17) is 11.3 Å². The van der Waals surface area contributed by atoms with Gasteiger partial charge in [-0.25, -0.2) is 14.0 Å². The Kier molecular flexibility index (Phi) is 7.15. The SMILES string of the molecule is [C-]#[N+]c1ccc([C@@]23Oc4cc(CO)cc(CO)c4[C@]2(O)[C@@H](NC(=O)N2CCN(C)CC2)C[C@H]3c2cccc(F)c2)cc1. The number of fused-ring (bicyclic) bond motifs is 3. The molecule has 9 nitrogen and oxygen atoms in total. The molecular weight excluding hydrogens is 539 g/mol. The molecule has 3 aliphatic rings. The van der Waals surface area contributed by atoms with E-state index in [1.165, 1.54) is 12.1 Å². The molecule has 1 saturated heterocycles. The Bertz CT molecular complexity index is 1550. The van der Waals surface area contributed by atoms with Crippen LogP contribution in [0.3, 0.4) is 0 Å². The smallest absolute Gasteiger partial charge is 0.317 e. The van der Waals surface area contributed by atoms with E-state index in [0.29, 0.717) is 46.6 Å². The predicted octanol–water partition coefficient (Wildman–Crippen LogP) is 3.35. The van der Waals surface area contributed by atoms with Crippen LogP contribution in [0.15, 0.2) is 60.7 Å². The van der Waals surface area contributed by atoms with Gasteiger partial charge in [-0.2, -0.15) is 0 Å². The van der Waals surface area contributed by atoms with E-state index in [0.717, 1.165) is 13.1 Å². The van der Waals surface area contributed by atoms with E-state index in [1.807, 2.05) is 7.05 Å². The number of hydrogen-bond donors (Lipinski definition) is 4. The highest BCUT2D eigenvalue weighted by molar-refractivity contribution is 5.75. The van der Waals surface area contributed by atoms with Gasteiger partial charge in [0.05, 0.1) is 25.8 Å². The number of piperazine rings is 1. The highest BCUT2D eigenvalue weighted by Gasteiger charge is 2.73. The van der Waals surface area contributed by atoms with Crippen LogP contribution in [0, 0.1) is 12.4 Å². The van der Waals surface area contributed by atoms with Gasteiger partial charge in [0.2, 0.25) is 0 Å². The van der Waals surface area contributed by atoms with Gasteiger partial charge < -0.3 is 35.2 Å². The van der Waals surface area contributed by atoms with Crippen molar-refractivity contribution in [2.24, 2.45) is 0 Å². The van der Waals surface area contributed by atoms with Crippen molar-refractivity contribution in [2.75, 3.05) is 33.2 Å². The molecule has 0 radical (unpaired) electrons. The summed E-state index contributed by atoms with van der Waals surface area (Å²) >= 11 is 0. The molecule has 0 spiro atoms. The Morgan fingerprint density at radius 3 is 2.48 bits per heavy atom. The van der Waals surface area contributed by atoms with Crippen molar-refractivity contribution in [3.05, 3.63) is 106 Å². The summed E-state index contributed by atoms with van der Waals surface area (Å²) in [4.78, 5) is 21.0. The molecule has 3 aromatic carbocycles. The Morgan fingerprint density at radius 1 is 1.10 bits per heavy atom. The van der Waals surface area contributed by atoms with E-state index in [9.17, 15) is 24.5 Å². The summed E-state index contributed by atoms with van der Waals surface area (Å²) in [5, 5.41) is 36.7. The molecule has 1 saturated carbocycles. The maximum Gasteiger partial charge on any atom is 0.317 e. The van der Waals surface area contributed by atoms with Crippen LogP contribution in [0.5, 0.6) is 5.75 Å². The van der Waals surface area contributed by atoms with Crippen LogP contribution in [0.2, 0.25) is 0 Å². The third-order valence-corrected chi connectivity index (χ3v) is 9.05. The number of likely N-dealkylation sites (N-methyl/N-ethyl adjacent to an activating group) is 1. The molecule has 6 rings (SSSR count). The molecule has 218 valence electrons. The number of amides is 2. The molecular formula is C32H33FN4O5. The second-order valence-electron chi connectivity index (χ2n) is 11.3. The quantitative estimate of drug-likeness (QED) is 0.349. The van der Waals surface area contributed by atoms with Crippen LogP contribution in [0.25, 0.3) is 4.85 Å². The summed E-state index contributed by atoms with van der Waals surface area (Å²) in [5.74, 6) is -0.831. The molecule has 0 unspecified atom stereocenters. The minimum Gasteiger partial charge on any atom is -0.478 e. The lowest BCUT2D eigenvalue weighted by Crippen LogP contribution is -2.59. The van der Waals surface area contributed by atoms with Gasteiger partial charge in [-0.15, -0.1) is 0 Å². The van der Waals surface area contributed by atoms with Crippen LogP contribution in [-0.2, 0) is 24.4 Å². The zero-order valence-corrected chi connectivity index (χ0v) is 23.3. The average Bonchev–Trinajstić information content (AvgIpc) is 3.41.